The molecule has 0 bridgehead atoms. The van der Waals surface area contributed by atoms with Crippen molar-refractivity contribution in [3.63, 3.8) is 0 Å². The lowest BCUT2D eigenvalue weighted by Crippen LogP contribution is -2.00. The molecule has 3 aromatic rings. The van der Waals surface area contributed by atoms with Gasteiger partial charge in [0.1, 0.15) is 0 Å². The van der Waals surface area contributed by atoms with Crippen LogP contribution in [0.25, 0.3) is 10.9 Å². The minimum atomic E-state index is 0.775. The highest BCUT2D eigenvalue weighted by Crippen LogP contribution is 2.27. The molecule has 0 aliphatic carbocycles. The van der Waals surface area contributed by atoms with Gasteiger partial charge in [0.2, 0.25) is 0 Å². The summed E-state index contributed by atoms with van der Waals surface area (Å²) in [6.45, 7) is 0.802. The Bertz CT molecular complexity index is 747. The molecule has 0 amide bonds. The van der Waals surface area contributed by atoms with Gasteiger partial charge in [0.25, 0.3) is 0 Å². The molecule has 0 radical (unpaired) electrons. The number of aromatic nitrogens is 1. The van der Waals surface area contributed by atoms with E-state index >= 15 is 0 Å². The highest BCUT2D eigenvalue weighted by molar-refractivity contribution is 9.11. The summed E-state index contributed by atoms with van der Waals surface area (Å²) in [6.07, 6.45) is 2.10. The molecule has 3 rings (SSSR count). The Hall–Kier alpha value is -1.26. The van der Waals surface area contributed by atoms with Crippen LogP contribution in [0, 0.1) is 0 Å². The molecule has 19 heavy (non-hydrogen) atoms. The highest BCUT2D eigenvalue weighted by Gasteiger charge is 2.06. The molecular formula is C15H12Br2N2. The van der Waals surface area contributed by atoms with Crippen molar-refractivity contribution in [3.8, 4) is 0 Å². The van der Waals surface area contributed by atoms with Crippen molar-refractivity contribution in [1.82, 2.24) is 4.57 Å². The minimum Gasteiger partial charge on any atom is -0.398 e. The largest absolute Gasteiger partial charge is 0.398 e. The molecule has 0 spiro atoms. The Morgan fingerprint density at radius 2 is 1.89 bits per heavy atom. The predicted octanol–water partition coefficient (Wildman–Crippen LogP) is 4.80. The first kappa shape index (κ1) is 12.8. The SMILES string of the molecule is Nc1cccc(Cn2ccc3cc(Br)ccc32)c1Br. The maximum atomic E-state index is 5.92. The van der Waals surface area contributed by atoms with E-state index in [0.29, 0.717) is 0 Å². The van der Waals surface area contributed by atoms with E-state index in [2.05, 4.69) is 73.0 Å². The molecular weight excluding hydrogens is 368 g/mol. The number of anilines is 1. The molecule has 2 nitrogen and oxygen atoms in total. The summed E-state index contributed by atoms with van der Waals surface area (Å²) >= 11 is 7.05. The lowest BCUT2D eigenvalue weighted by atomic mass is 10.2. The first-order valence-corrected chi connectivity index (χ1v) is 7.51. The van der Waals surface area contributed by atoms with E-state index < -0.39 is 0 Å². The number of hydrogen-bond acceptors (Lipinski definition) is 1. The van der Waals surface area contributed by atoms with E-state index in [0.717, 1.165) is 21.2 Å². The summed E-state index contributed by atoms with van der Waals surface area (Å²) in [5.74, 6) is 0. The van der Waals surface area contributed by atoms with E-state index in [9.17, 15) is 0 Å². The lowest BCUT2D eigenvalue weighted by molar-refractivity contribution is 0.833. The molecule has 0 aliphatic rings. The Balaban J connectivity index is 2.04. The zero-order chi connectivity index (χ0) is 13.4. The molecule has 0 saturated heterocycles. The first-order chi connectivity index (χ1) is 9.15. The molecule has 96 valence electrons. The second kappa shape index (κ2) is 5.02. The maximum absolute atomic E-state index is 5.92. The lowest BCUT2D eigenvalue weighted by Gasteiger charge is -2.09. The van der Waals surface area contributed by atoms with Gasteiger partial charge in [-0.2, -0.15) is 0 Å². The molecule has 1 heterocycles. The molecule has 0 aliphatic heterocycles. The third-order valence-corrected chi connectivity index (χ3v) is 4.64. The van der Waals surface area contributed by atoms with E-state index in [-0.39, 0.29) is 0 Å². The monoisotopic (exact) mass is 378 g/mol. The van der Waals surface area contributed by atoms with E-state index in [1.165, 1.54) is 16.5 Å². The Morgan fingerprint density at radius 3 is 2.74 bits per heavy atom. The normalized spacial score (nSPS) is 11.1. The Morgan fingerprint density at radius 1 is 1.05 bits per heavy atom. The van der Waals surface area contributed by atoms with Crippen LogP contribution in [0.4, 0.5) is 5.69 Å². The number of hydrogen-bond donors (Lipinski definition) is 1. The highest BCUT2D eigenvalue weighted by atomic mass is 79.9. The van der Waals surface area contributed by atoms with Crippen LogP contribution in [0.3, 0.4) is 0 Å². The van der Waals surface area contributed by atoms with Gasteiger partial charge in [-0.3, -0.25) is 0 Å². The van der Waals surface area contributed by atoms with Crippen LogP contribution in [-0.2, 0) is 6.54 Å². The molecule has 2 aromatic carbocycles. The van der Waals surface area contributed by atoms with Crippen LogP contribution in [-0.4, -0.2) is 4.57 Å². The number of nitrogen functional groups attached to an aromatic ring is 1. The zero-order valence-corrected chi connectivity index (χ0v) is 13.3. The van der Waals surface area contributed by atoms with E-state index in [1.807, 2.05) is 12.1 Å². The van der Waals surface area contributed by atoms with E-state index in [1.54, 1.807) is 0 Å². The summed E-state index contributed by atoms with van der Waals surface area (Å²) in [7, 11) is 0. The second-order valence-electron chi connectivity index (χ2n) is 4.47. The van der Waals surface area contributed by atoms with Gasteiger partial charge >= 0.3 is 0 Å². The molecule has 0 atom stereocenters. The Labute approximate surface area is 128 Å². The number of nitrogens with two attached hydrogens (primary N) is 1. The minimum absolute atomic E-state index is 0.775. The third kappa shape index (κ3) is 2.42. The number of fused-ring (bicyclic) bond motifs is 1. The van der Waals surface area contributed by atoms with Crippen molar-refractivity contribution in [2.45, 2.75) is 6.54 Å². The molecule has 4 heteroatoms. The van der Waals surface area contributed by atoms with Gasteiger partial charge in [0, 0.05) is 38.3 Å². The van der Waals surface area contributed by atoms with Crippen molar-refractivity contribution in [2.75, 3.05) is 5.73 Å². The summed E-state index contributed by atoms with van der Waals surface area (Å²) < 4.78 is 4.30. The number of benzene rings is 2. The average Bonchev–Trinajstić information content (AvgIpc) is 2.77. The fourth-order valence-corrected chi connectivity index (χ4v) is 2.98. The summed E-state index contributed by atoms with van der Waals surface area (Å²) in [5, 5.41) is 1.23. The maximum Gasteiger partial charge on any atom is 0.0488 e. The standard InChI is InChI=1S/C15H12Br2N2/c16-12-4-5-14-10(8-12)6-7-19(14)9-11-2-1-3-13(18)15(11)17/h1-8H,9,18H2. The second-order valence-corrected chi connectivity index (χ2v) is 6.18. The van der Waals surface area contributed by atoms with Crippen molar-refractivity contribution < 1.29 is 0 Å². The van der Waals surface area contributed by atoms with Crippen LogP contribution in [0.15, 0.2) is 57.6 Å². The van der Waals surface area contributed by atoms with Crippen molar-refractivity contribution >= 4 is 48.5 Å². The summed E-state index contributed by atoms with van der Waals surface area (Å²) in [5.41, 5.74) is 9.10. The molecule has 0 unspecified atom stereocenters. The smallest absolute Gasteiger partial charge is 0.0488 e. The van der Waals surface area contributed by atoms with E-state index in [4.69, 9.17) is 5.73 Å². The van der Waals surface area contributed by atoms with Gasteiger partial charge in [0.15, 0.2) is 0 Å². The van der Waals surface area contributed by atoms with Crippen LogP contribution in [0.1, 0.15) is 5.56 Å². The van der Waals surface area contributed by atoms with Gasteiger partial charge in [-0.25, -0.2) is 0 Å². The molecule has 2 N–H and O–H groups in total. The zero-order valence-electron chi connectivity index (χ0n) is 10.1. The number of rotatable bonds is 2. The number of halogens is 2. The van der Waals surface area contributed by atoms with Gasteiger partial charge in [-0.05, 0) is 51.8 Å². The summed E-state index contributed by atoms with van der Waals surface area (Å²) in [4.78, 5) is 0. The molecule has 1 aromatic heterocycles. The van der Waals surface area contributed by atoms with Crippen LogP contribution < -0.4 is 5.73 Å². The van der Waals surface area contributed by atoms with Gasteiger partial charge in [-0.1, -0.05) is 28.1 Å². The predicted molar refractivity (Wildman–Crippen MR) is 87.3 cm³/mol. The third-order valence-electron chi connectivity index (χ3n) is 3.18. The summed E-state index contributed by atoms with van der Waals surface area (Å²) in [6, 6.07) is 14.4. The Kier molecular flexibility index (Phi) is 3.37. The fourth-order valence-electron chi connectivity index (χ4n) is 2.21. The van der Waals surface area contributed by atoms with Gasteiger partial charge < -0.3 is 10.3 Å². The average molecular weight is 380 g/mol. The van der Waals surface area contributed by atoms with Gasteiger partial charge in [-0.15, -0.1) is 0 Å². The van der Waals surface area contributed by atoms with Crippen LogP contribution in [0.5, 0.6) is 0 Å². The molecule has 0 fully saturated rings. The van der Waals surface area contributed by atoms with Gasteiger partial charge in [0.05, 0.1) is 0 Å². The van der Waals surface area contributed by atoms with Crippen molar-refractivity contribution in [1.29, 1.82) is 0 Å². The topological polar surface area (TPSA) is 30.9 Å². The van der Waals surface area contributed by atoms with Crippen molar-refractivity contribution in [3.05, 3.63) is 63.2 Å². The van der Waals surface area contributed by atoms with Crippen LogP contribution in [0.2, 0.25) is 0 Å². The van der Waals surface area contributed by atoms with Crippen molar-refractivity contribution in [2.24, 2.45) is 0 Å². The number of nitrogens with zero attached hydrogens (tertiary/aromatic N) is 1. The quantitative estimate of drug-likeness (QED) is 0.637. The first-order valence-electron chi connectivity index (χ1n) is 5.92. The molecule has 0 saturated carbocycles. The van der Waals surface area contributed by atoms with Crippen LogP contribution >= 0.6 is 31.9 Å². The fraction of sp³-hybridized carbons (Fsp3) is 0.0667.